The fraction of sp³-hybridized carbons (Fsp3) is 0.489. The molecule has 1 aromatic carbocycles. The summed E-state index contributed by atoms with van der Waals surface area (Å²) in [5.74, 6) is -0.473. The van der Waals surface area contributed by atoms with Crippen molar-refractivity contribution in [3.63, 3.8) is 0 Å². The van der Waals surface area contributed by atoms with Gasteiger partial charge < -0.3 is 35.8 Å². The molecule has 2 aliphatic carbocycles. The molecule has 2 saturated carbocycles. The summed E-state index contributed by atoms with van der Waals surface area (Å²) in [6, 6.07) is 14.7. The van der Waals surface area contributed by atoms with Gasteiger partial charge >= 0.3 is 0 Å². The molecule has 18 heteroatoms. The molecule has 2 aliphatic heterocycles. The third-order valence-corrected chi connectivity index (χ3v) is 14.5. The minimum Gasteiger partial charge on any atom is -0.371 e. The molecule has 15 nitrogen and oxygen atoms in total. The fourth-order valence-corrected chi connectivity index (χ4v) is 10.2. The summed E-state index contributed by atoms with van der Waals surface area (Å²) in [7, 11) is 3.60. The van der Waals surface area contributed by atoms with Gasteiger partial charge in [-0.05, 0) is 99.1 Å². The number of likely N-dealkylation sites (N-methyl/N-ethyl adjacent to an activating group) is 1. The van der Waals surface area contributed by atoms with Crippen molar-refractivity contribution in [3.8, 4) is 6.07 Å². The number of carbonyl (C=O) groups excluding carboxylic acids is 4. The van der Waals surface area contributed by atoms with E-state index in [1.165, 1.54) is 42.0 Å². The van der Waals surface area contributed by atoms with Crippen molar-refractivity contribution in [2.75, 3.05) is 61.8 Å². The maximum atomic E-state index is 14.0. The van der Waals surface area contributed by atoms with Crippen LogP contribution in [-0.4, -0.2) is 95.2 Å². The summed E-state index contributed by atoms with van der Waals surface area (Å²) in [6.07, 6.45) is 18.2. The average molecular weight is 926 g/mol. The number of thiazole rings is 1. The minimum absolute atomic E-state index is 0.0420. The predicted molar refractivity (Wildman–Crippen MR) is 252 cm³/mol. The number of nitrogens with two attached hydrogens (primary N) is 1. The van der Waals surface area contributed by atoms with E-state index in [2.05, 4.69) is 36.4 Å². The van der Waals surface area contributed by atoms with Crippen molar-refractivity contribution in [1.82, 2.24) is 30.1 Å². The minimum atomic E-state index is -0.603. The molecule has 8 rings (SSSR count). The van der Waals surface area contributed by atoms with E-state index in [4.69, 9.17) is 5.73 Å². The highest BCUT2D eigenvalue weighted by Crippen LogP contribution is 2.46. The van der Waals surface area contributed by atoms with Crippen LogP contribution in [0.15, 0.2) is 77.5 Å². The van der Waals surface area contributed by atoms with Crippen LogP contribution in [0.3, 0.4) is 0 Å². The van der Waals surface area contributed by atoms with E-state index >= 15 is 0 Å². The molecule has 0 radical (unpaired) electrons. The van der Waals surface area contributed by atoms with Gasteiger partial charge in [-0.2, -0.15) is 9.65 Å². The Morgan fingerprint density at radius 3 is 2.31 bits per heavy atom. The van der Waals surface area contributed by atoms with Crippen LogP contribution in [0, 0.1) is 40.4 Å². The summed E-state index contributed by atoms with van der Waals surface area (Å²) in [5.41, 5.74) is 7.89. The normalized spacial score (nSPS) is 18.3. The van der Waals surface area contributed by atoms with Crippen LogP contribution in [0.25, 0.3) is 0 Å². The summed E-state index contributed by atoms with van der Waals surface area (Å²) in [4.78, 5) is 66.0. The van der Waals surface area contributed by atoms with Crippen molar-refractivity contribution in [1.29, 1.82) is 5.26 Å². The molecule has 3 aromatic heterocycles. The van der Waals surface area contributed by atoms with Gasteiger partial charge in [-0.15, -0.1) is 11.3 Å². The number of nitriles is 1. The molecule has 346 valence electrons. The third kappa shape index (κ3) is 14.1. The van der Waals surface area contributed by atoms with Crippen LogP contribution in [0.1, 0.15) is 82.6 Å². The number of carbonyl (C=O) groups is 4. The van der Waals surface area contributed by atoms with E-state index in [1.54, 1.807) is 36.6 Å². The van der Waals surface area contributed by atoms with Gasteiger partial charge in [0, 0.05) is 100 Å². The second-order valence-corrected chi connectivity index (χ2v) is 19.0. The molecule has 1 unspecified atom stereocenters. The summed E-state index contributed by atoms with van der Waals surface area (Å²) >= 11 is 2.86. The molecular formula is C47H60FN11O4S2. The second-order valence-electron chi connectivity index (χ2n) is 17.3. The predicted octanol–water partition coefficient (Wildman–Crippen LogP) is 7.37. The monoisotopic (exact) mass is 925 g/mol. The van der Waals surface area contributed by atoms with E-state index in [0.717, 1.165) is 87.3 Å². The number of nitrogens with zero attached hydrogens (tertiary/aromatic N) is 7. The van der Waals surface area contributed by atoms with Gasteiger partial charge in [0.2, 0.25) is 29.6 Å². The molecule has 4 aromatic rings. The number of likely N-dealkylation sites (tertiary alicyclic amines) is 2. The van der Waals surface area contributed by atoms with Crippen LogP contribution >= 0.6 is 23.3 Å². The maximum Gasteiger partial charge on any atom is 0.227 e. The van der Waals surface area contributed by atoms with E-state index < -0.39 is 5.95 Å². The Morgan fingerprint density at radius 2 is 1.71 bits per heavy atom. The first kappa shape index (κ1) is 48.7. The van der Waals surface area contributed by atoms with Crippen molar-refractivity contribution in [3.05, 3.63) is 84.1 Å². The molecule has 0 bridgehead atoms. The number of hydrogen-bond donors (Lipinski definition) is 4. The number of aromatic nitrogens is 3. The number of anilines is 4. The molecule has 65 heavy (non-hydrogen) atoms. The Labute approximate surface area is 389 Å². The van der Waals surface area contributed by atoms with E-state index in [9.17, 15) is 28.8 Å². The molecular weight excluding hydrogens is 866 g/mol. The number of halogens is 1. The van der Waals surface area contributed by atoms with E-state index in [0.29, 0.717) is 54.1 Å². The molecule has 5 heterocycles. The lowest BCUT2D eigenvalue weighted by molar-refractivity contribution is -0.138. The topological polar surface area (TPSA) is 203 Å². The van der Waals surface area contributed by atoms with Gasteiger partial charge in [0.05, 0.1) is 34.7 Å². The largest absolute Gasteiger partial charge is 0.371 e. The number of benzene rings is 1. The average Bonchev–Trinajstić information content (AvgIpc) is 3.99. The zero-order chi connectivity index (χ0) is 46.2. The molecule has 5 N–H and O–H groups in total. The Bertz CT molecular complexity index is 2200. The maximum absolute atomic E-state index is 14.0. The molecule has 2 saturated heterocycles. The van der Waals surface area contributed by atoms with Crippen LogP contribution < -0.4 is 26.0 Å². The van der Waals surface area contributed by atoms with Crippen molar-refractivity contribution >= 4 is 69.1 Å². The van der Waals surface area contributed by atoms with Crippen molar-refractivity contribution in [2.24, 2.45) is 28.9 Å². The summed E-state index contributed by atoms with van der Waals surface area (Å²) in [5, 5.41) is 18.6. The van der Waals surface area contributed by atoms with Crippen LogP contribution in [0.5, 0.6) is 0 Å². The van der Waals surface area contributed by atoms with Gasteiger partial charge in [-0.25, -0.2) is 9.97 Å². The Balaban J connectivity index is 0.000000204. The van der Waals surface area contributed by atoms with Crippen LogP contribution in [0.2, 0.25) is 0 Å². The number of primary amides is 1. The van der Waals surface area contributed by atoms with Gasteiger partial charge in [-0.1, -0.05) is 25.3 Å². The van der Waals surface area contributed by atoms with Crippen molar-refractivity contribution < 1.29 is 23.6 Å². The van der Waals surface area contributed by atoms with Gasteiger partial charge in [-0.3, -0.25) is 24.2 Å². The fourth-order valence-electron chi connectivity index (χ4n) is 8.93. The lowest BCUT2D eigenvalue weighted by Crippen LogP contribution is -2.47. The van der Waals surface area contributed by atoms with Gasteiger partial charge in [0.15, 0.2) is 5.13 Å². The highest BCUT2D eigenvalue weighted by Gasteiger charge is 2.42. The summed E-state index contributed by atoms with van der Waals surface area (Å²) in [6.45, 7) is 3.08. The van der Waals surface area contributed by atoms with Gasteiger partial charge in [0.25, 0.3) is 0 Å². The van der Waals surface area contributed by atoms with E-state index in [-0.39, 0.29) is 41.4 Å². The standard InChI is InChI=1S/C25H28FN7OS2.C17H27N3O3.C5H5N/c1-33(11-9-28-24(34)17-5-3-2-4-6-17)22-14-23(26)30-16-21(22)31-20-8-7-19(13-18(20)15-27)36-32-25-29-10-12-35-25;1-19-11-13(10-14(19)21)16(23)20-8-6-17(7-9-20)4-2-12(3-5-17)15(18)22;1-2-4-6-5-3-1/h7-8,10,12-14,16-17,31H,2-6,9,11H2,1H3,(H,28,34)(H,29,32);12-13H,2-11H2,1H3,(H2,18,22);1-5H. The molecule has 1 atom stereocenters. The lowest BCUT2D eigenvalue weighted by atomic mass is 9.65. The zero-order valence-electron chi connectivity index (χ0n) is 37.2. The Kier molecular flexibility index (Phi) is 17.9. The number of amides is 4. The number of hydrogen-bond acceptors (Lipinski definition) is 13. The quantitative estimate of drug-likeness (QED) is 0.0813. The molecule has 4 amide bonds. The third-order valence-electron chi connectivity index (χ3n) is 12.9. The second kappa shape index (κ2) is 23.9. The first-order valence-electron chi connectivity index (χ1n) is 22.4. The van der Waals surface area contributed by atoms with Crippen LogP contribution in [0.4, 0.5) is 26.6 Å². The Hall–Kier alpha value is -5.80. The zero-order valence-corrected chi connectivity index (χ0v) is 38.8. The molecule has 1 spiro atoms. The molecule has 4 fully saturated rings. The van der Waals surface area contributed by atoms with E-state index in [1.807, 2.05) is 52.6 Å². The van der Waals surface area contributed by atoms with Crippen LogP contribution in [-0.2, 0) is 19.2 Å². The number of nitrogens with one attached hydrogen (secondary N) is 3. The summed E-state index contributed by atoms with van der Waals surface area (Å²) < 4.78 is 17.2. The first-order valence-corrected chi connectivity index (χ1v) is 24.1. The number of piperidine rings is 1. The molecule has 4 aliphatic rings. The Morgan fingerprint density at radius 1 is 0.969 bits per heavy atom. The SMILES string of the molecule is CN(CCNC(=O)C1CCCCC1)c1cc(F)ncc1Nc1ccc(SNc2nccs2)cc1C#N.CN1CC(C(=O)N2CCC3(CCC(C(N)=O)CC3)CC2)CC1=O.c1ccncc1. The highest BCUT2D eigenvalue weighted by molar-refractivity contribution is 8.00. The first-order chi connectivity index (χ1) is 31.4. The number of rotatable bonds is 12. The van der Waals surface area contributed by atoms with Gasteiger partial charge in [0.1, 0.15) is 6.07 Å². The van der Waals surface area contributed by atoms with Crippen molar-refractivity contribution in [2.45, 2.75) is 81.9 Å². The lowest BCUT2D eigenvalue weighted by Gasteiger charge is -2.46. The highest BCUT2D eigenvalue weighted by atomic mass is 32.2. The smallest absolute Gasteiger partial charge is 0.227 e. The number of pyridine rings is 2.